The second-order valence-corrected chi connectivity index (χ2v) is 4.01. The third kappa shape index (κ3) is 1.93. The van der Waals surface area contributed by atoms with E-state index in [1.165, 1.54) is 7.11 Å². The highest BCUT2D eigenvalue weighted by Gasteiger charge is 2.11. The summed E-state index contributed by atoms with van der Waals surface area (Å²) in [4.78, 5) is 18.9. The molecule has 0 fully saturated rings. The van der Waals surface area contributed by atoms with Crippen LogP contribution in [0, 0.1) is 0 Å². The van der Waals surface area contributed by atoms with E-state index in [-0.39, 0.29) is 5.97 Å². The predicted molar refractivity (Wildman–Crippen MR) is 69.5 cm³/mol. The third-order valence-corrected chi connectivity index (χ3v) is 2.76. The van der Waals surface area contributed by atoms with Crippen LogP contribution in [0.15, 0.2) is 34.7 Å². The Bertz CT molecular complexity index is 757. The van der Waals surface area contributed by atoms with Crippen molar-refractivity contribution >= 4 is 22.9 Å². The van der Waals surface area contributed by atoms with Gasteiger partial charge in [0.25, 0.3) is 0 Å². The molecule has 1 aromatic carbocycles. The Labute approximate surface area is 108 Å². The van der Waals surface area contributed by atoms with Crippen molar-refractivity contribution in [2.45, 2.75) is 0 Å². The smallest absolute Gasteiger partial charge is 0.337 e. The fraction of sp³-hybridized carbons (Fsp3) is 0.0769. The molecule has 0 saturated heterocycles. The molecule has 0 bridgehead atoms. The number of H-pyrrole nitrogens is 1. The molecule has 19 heavy (non-hydrogen) atoms. The van der Waals surface area contributed by atoms with Crippen LogP contribution >= 0.6 is 0 Å². The van der Waals surface area contributed by atoms with Crippen LogP contribution in [-0.4, -0.2) is 23.0 Å². The summed E-state index contributed by atoms with van der Waals surface area (Å²) in [7, 11) is 1.34. The highest BCUT2D eigenvalue weighted by atomic mass is 16.5. The standard InChI is InChI=1S/C13H11N3O3/c1-18-13(17)7-2-3-8-9(6-7)16-12(15-8)10-4-5-11(14)19-10/h2-6H,14H2,1H3,(H,15,16). The molecule has 3 aromatic rings. The van der Waals surface area contributed by atoms with Gasteiger partial charge in [-0.2, -0.15) is 0 Å². The van der Waals surface area contributed by atoms with Gasteiger partial charge in [0.15, 0.2) is 17.5 Å². The van der Waals surface area contributed by atoms with Gasteiger partial charge < -0.3 is 19.9 Å². The Morgan fingerprint density at radius 3 is 2.89 bits per heavy atom. The van der Waals surface area contributed by atoms with Crippen molar-refractivity contribution in [2.24, 2.45) is 0 Å². The number of esters is 1. The fourth-order valence-electron chi connectivity index (χ4n) is 1.85. The first-order valence-electron chi connectivity index (χ1n) is 5.61. The largest absolute Gasteiger partial charge is 0.465 e. The van der Waals surface area contributed by atoms with Crippen LogP contribution in [0.3, 0.4) is 0 Å². The summed E-state index contributed by atoms with van der Waals surface area (Å²) in [6, 6.07) is 8.48. The summed E-state index contributed by atoms with van der Waals surface area (Å²) < 4.78 is 9.96. The Morgan fingerprint density at radius 2 is 2.21 bits per heavy atom. The van der Waals surface area contributed by atoms with E-state index in [1.807, 2.05) is 0 Å². The molecule has 6 heteroatoms. The highest BCUT2D eigenvalue weighted by molar-refractivity contribution is 5.94. The summed E-state index contributed by atoms with van der Waals surface area (Å²) in [5, 5.41) is 0. The first-order chi connectivity index (χ1) is 9.17. The zero-order chi connectivity index (χ0) is 13.4. The van der Waals surface area contributed by atoms with Gasteiger partial charge in [-0.25, -0.2) is 9.78 Å². The van der Waals surface area contributed by atoms with E-state index in [1.54, 1.807) is 30.3 Å². The monoisotopic (exact) mass is 257 g/mol. The van der Waals surface area contributed by atoms with Crippen LogP contribution in [0.1, 0.15) is 10.4 Å². The number of nitrogens with one attached hydrogen (secondary N) is 1. The Morgan fingerprint density at radius 1 is 1.37 bits per heavy atom. The number of nitrogen functional groups attached to an aromatic ring is 1. The number of methoxy groups -OCH3 is 1. The van der Waals surface area contributed by atoms with Gasteiger partial charge in [0.2, 0.25) is 0 Å². The second kappa shape index (κ2) is 4.16. The van der Waals surface area contributed by atoms with Gasteiger partial charge in [-0.3, -0.25) is 0 Å². The lowest BCUT2D eigenvalue weighted by Crippen LogP contribution is -2.00. The maximum absolute atomic E-state index is 11.4. The number of fused-ring (bicyclic) bond motifs is 1. The van der Waals surface area contributed by atoms with Crippen LogP contribution < -0.4 is 5.73 Å². The molecule has 96 valence electrons. The molecule has 0 unspecified atom stereocenters. The molecular formula is C13H11N3O3. The van der Waals surface area contributed by atoms with Crippen molar-refractivity contribution in [3.05, 3.63) is 35.9 Å². The van der Waals surface area contributed by atoms with Gasteiger partial charge in [0.1, 0.15) is 0 Å². The number of nitrogens with zero attached hydrogens (tertiary/aromatic N) is 1. The van der Waals surface area contributed by atoms with Crippen LogP contribution in [0.2, 0.25) is 0 Å². The van der Waals surface area contributed by atoms with E-state index in [0.29, 0.717) is 23.0 Å². The average Bonchev–Trinajstić information content (AvgIpc) is 3.02. The zero-order valence-electron chi connectivity index (χ0n) is 10.1. The summed E-state index contributed by atoms with van der Waals surface area (Å²) in [6.45, 7) is 0. The first-order valence-corrected chi connectivity index (χ1v) is 5.61. The SMILES string of the molecule is COC(=O)c1ccc2nc(-c3ccc(N)o3)[nH]c2c1. The number of nitrogens with two attached hydrogens (primary N) is 1. The molecule has 0 spiro atoms. The molecule has 6 nitrogen and oxygen atoms in total. The van der Waals surface area contributed by atoms with Crippen molar-refractivity contribution < 1.29 is 13.9 Å². The number of benzene rings is 1. The van der Waals surface area contributed by atoms with E-state index < -0.39 is 0 Å². The zero-order valence-corrected chi connectivity index (χ0v) is 10.1. The minimum atomic E-state index is -0.389. The third-order valence-electron chi connectivity index (χ3n) is 2.76. The normalized spacial score (nSPS) is 10.8. The fourth-order valence-corrected chi connectivity index (χ4v) is 1.85. The quantitative estimate of drug-likeness (QED) is 0.686. The molecule has 0 atom stereocenters. The number of carbonyl (C=O) groups excluding carboxylic acids is 1. The molecule has 0 radical (unpaired) electrons. The molecule has 2 heterocycles. The van der Waals surface area contributed by atoms with Gasteiger partial charge in [0.05, 0.1) is 23.7 Å². The van der Waals surface area contributed by atoms with E-state index in [4.69, 9.17) is 10.2 Å². The van der Waals surface area contributed by atoms with E-state index >= 15 is 0 Å². The molecule has 0 saturated carbocycles. The topological polar surface area (TPSA) is 94.1 Å². The van der Waals surface area contributed by atoms with Crippen LogP contribution in [-0.2, 0) is 4.74 Å². The first kappa shape index (κ1) is 11.3. The van der Waals surface area contributed by atoms with E-state index in [9.17, 15) is 4.79 Å². The summed E-state index contributed by atoms with van der Waals surface area (Å²) >= 11 is 0. The van der Waals surface area contributed by atoms with Crippen LogP contribution in [0.4, 0.5) is 5.88 Å². The highest BCUT2D eigenvalue weighted by Crippen LogP contribution is 2.24. The number of ether oxygens (including phenoxy) is 1. The molecule has 0 aliphatic heterocycles. The lowest BCUT2D eigenvalue weighted by atomic mass is 10.2. The number of furan rings is 1. The Hall–Kier alpha value is -2.76. The molecule has 0 aliphatic carbocycles. The van der Waals surface area contributed by atoms with Crippen LogP contribution in [0.25, 0.3) is 22.6 Å². The van der Waals surface area contributed by atoms with Crippen molar-refractivity contribution in [3.8, 4) is 11.6 Å². The maximum Gasteiger partial charge on any atom is 0.337 e. The number of aromatic nitrogens is 2. The summed E-state index contributed by atoms with van der Waals surface area (Å²) in [6.07, 6.45) is 0. The van der Waals surface area contributed by atoms with Crippen molar-refractivity contribution in [2.75, 3.05) is 12.8 Å². The van der Waals surface area contributed by atoms with Gasteiger partial charge in [-0.15, -0.1) is 0 Å². The number of anilines is 1. The minimum absolute atomic E-state index is 0.325. The van der Waals surface area contributed by atoms with Crippen molar-refractivity contribution in [1.82, 2.24) is 9.97 Å². The number of hydrogen-bond donors (Lipinski definition) is 2. The number of imidazole rings is 1. The van der Waals surface area contributed by atoms with Gasteiger partial charge >= 0.3 is 5.97 Å². The van der Waals surface area contributed by atoms with Crippen LogP contribution in [0.5, 0.6) is 0 Å². The van der Waals surface area contributed by atoms with Gasteiger partial charge in [0, 0.05) is 6.07 Å². The Balaban J connectivity index is 2.08. The summed E-state index contributed by atoms with van der Waals surface area (Å²) in [5.41, 5.74) is 7.45. The molecular weight excluding hydrogens is 246 g/mol. The minimum Gasteiger partial charge on any atom is -0.465 e. The summed E-state index contributed by atoms with van der Waals surface area (Å²) in [5.74, 6) is 1.05. The molecule has 2 aromatic heterocycles. The molecule has 3 N–H and O–H groups in total. The molecule has 0 aliphatic rings. The van der Waals surface area contributed by atoms with E-state index in [0.717, 1.165) is 11.0 Å². The number of aromatic amines is 1. The number of hydrogen-bond acceptors (Lipinski definition) is 5. The number of rotatable bonds is 2. The lowest BCUT2D eigenvalue weighted by Gasteiger charge is -1.97. The van der Waals surface area contributed by atoms with E-state index in [2.05, 4.69) is 14.7 Å². The molecule has 3 rings (SSSR count). The second-order valence-electron chi connectivity index (χ2n) is 4.01. The average molecular weight is 257 g/mol. The van der Waals surface area contributed by atoms with Gasteiger partial charge in [-0.05, 0) is 24.3 Å². The van der Waals surface area contributed by atoms with Gasteiger partial charge in [-0.1, -0.05) is 0 Å². The lowest BCUT2D eigenvalue weighted by molar-refractivity contribution is 0.0601. The Kier molecular flexibility index (Phi) is 2.49. The van der Waals surface area contributed by atoms with Crippen molar-refractivity contribution in [1.29, 1.82) is 0 Å². The number of carbonyl (C=O) groups is 1. The molecule has 0 amide bonds. The maximum atomic E-state index is 11.4. The predicted octanol–water partition coefficient (Wildman–Crippen LogP) is 2.19. The van der Waals surface area contributed by atoms with Crippen molar-refractivity contribution in [3.63, 3.8) is 0 Å².